The van der Waals surface area contributed by atoms with Gasteiger partial charge in [-0.3, -0.25) is 4.72 Å². The largest absolute Gasteiger partial charge is 0.399 e. The lowest BCUT2D eigenvalue weighted by Gasteiger charge is -2.12. The summed E-state index contributed by atoms with van der Waals surface area (Å²) in [5.74, 6) is 0. The number of sulfonamides is 1. The molecule has 2 aromatic carbocycles. The number of rotatable bonds is 3. The fourth-order valence-electron chi connectivity index (χ4n) is 1.87. The molecule has 0 radical (unpaired) electrons. The fourth-order valence-corrected chi connectivity index (χ4v) is 3.34. The zero-order valence-electron chi connectivity index (χ0n) is 11.1. The number of nitriles is 1. The van der Waals surface area contributed by atoms with E-state index < -0.39 is 10.0 Å². The van der Waals surface area contributed by atoms with Crippen LogP contribution in [-0.4, -0.2) is 8.42 Å². The number of nitrogens with one attached hydrogen (secondary N) is 1. The molecule has 0 aromatic heterocycles. The van der Waals surface area contributed by atoms with Gasteiger partial charge >= 0.3 is 0 Å². The molecule has 0 saturated heterocycles. The minimum absolute atomic E-state index is 0.0977. The number of hydrogen-bond donors (Lipinski definition) is 2. The van der Waals surface area contributed by atoms with Crippen LogP contribution in [0.15, 0.2) is 41.3 Å². The van der Waals surface area contributed by atoms with Crippen LogP contribution in [0.4, 0.5) is 11.4 Å². The first kappa shape index (κ1) is 15.2. The first-order chi connectivity index (χ1) is 9.83. The maximum Gasteiger partial charge on any atom is 0.262 e. The highest BCUT2D eigenvalue weighted by molar-refractivity contribution is 7.92. The number of hydrogen-bond acceptors (Lipinski definition) is 4. The Kier molecular flexibility index (Phi) is 4.07. The average Bonchev–Trinajstić information content (AvgIpc) is 2.37. The summed E-state index contributed by atoms with van der Waals surface area (Å²) in [6.07, 6.45) is 0. The van der Waals surface area contributed by atoms with Crippen LogP contribution < -0.4 is 10.5 Å². The number of halogens is 1. The molecule has 0 unspecified atom stereocenters. The molecule has 5 nitrogen and oxygen atoms in total. The van der Waals surface area contributed by atoms with Crippen LogP contribution in [0, 0.1) is 18.3 Å². The molecule has 0 fully saturated rings. The summed E-state index contributed by atoms with van der Waals surface area (Å²) in [6, 6.07) is 10.8. The first-order valence-corrected chi connectivity index (χ1v) is 7.78. The minimum Gasteiger partial charge on any atom is -0.399 e. The van der Waals surface area contributed by atoms with Gasteiger partial charge in [0.05, 0.1) is 16.1 Å². The van der Waals surface area contributed by atoms with Crippen molar-refractivity contribution >= 4 is 33.0 Å². The summed E-state index contributed by atoms with van der Waals surface area (Å²) in [6.45, 7) is 1.65. The SMILES string of the molecule is Cc1cc(N)ccc1S(=O)(=O)Nc1cc(Cl)ccc1C#N. The highest BCUT2D eigenvalue weighted by atomic mass is 35.5. The van der Waals surface area contributed by atoms with Gasteiger partial charge in [-0.1, -0.05) is 11.6 Å². The molecule has 0 atom stereocenters. The Labute approximate surface area is 128 Å². The highest BCUT2D eigenvalue weighted by Gasteiger charge is 2.18. The molecule has 0 amide bonds. The fraction of sp³-hybridized carbons (Fsp3) is 0.0714. The number of aryl methyl sites for hydroxylation is 1. The Hall–Kier alpha value is -2.23. The van der Waals surface area contributed by atoms with Gasteiger partial charge < -0.3 is 5.73 Å². The molecule has 108 valence electrons. The zero-order chi connectivity index (χ0) is 15.6. The smallest absolute Gasteiger partial charge is 0.262 e. The lowest BCUT2D eigenvalue weighted by molar-refractivity contribution is 0.600. The Morgan fingerprint density at radius 1 is 1.24 bits per heavy atom. The predicted molar refractivity (Wildman–Crippen MR) is 82.6 cm³/mol. The van der Waals surface area contributed by atoms with E-state index in [0.717, 1.165) is 0 Å². The number of anilines is 2. The molecular formula is C14H12ClN3O2S. The maximum atomic E-state index is 12.4. The molecule has 0 aliphatic heterocycles. The van der Waals surface area contributed by atoms with Crippen molar-refractivity contribution in [3.63, 3.8) is 0 Å². The molecule has 0 bridgehead atoms. The zero-order valence-corrected chi connectivity index (χ0v) is 12.7. The summed E-state index contributed by atoms with van der Waals surface area (Å²) in [5, 5.41) is 9.36. The van der Waals surface area contributed by atoms with Crippen LogP contribution in [-0.2, 0) is 10.0 Å². The standard InChI is InChI=1S/C14H12ClN3O2S/c1-9-6-12(17)4-5-14(9)21(19,20)18-13-7-11(15)3-2-10(13)8-16/h2-7,18H,17H2,1H3. The summed E-state index contributed by atoms with van der Waals surface area (Å²) >= 11 is 5.84. The first-order valence-electron chi connectivity index (χ1n) is 5.92. The van der Waals surface area contributed by atoms with Crippen LogP contribution in [0.5, 0.6) is 0 Å². The normalized spacial score (nSPS) is 10.9. The van der Waals surface area contributed by atoms with Crippen molar-refractivity contribution in [1.82, 2.24) is 0 Å². The van der Waals surface area contributed by atoms with Crippen molar-refractivity contribution < 1.29 is 8.42 Å². The third kappa shape index (κ3) is 3.27. The van der Waals surface area contributed by atoms with Crippen molar-refractivity contribution in [3.05, 3.63) is 52.5 Å². The number of nitrogen functional groups attached to an aromatic ring is 1. The molecule has 0 spiro atoms. The van der Waals surface area contributed by atoms with Crippen LogP contribution in [0.3, 0.4) is 0 Å². The van der Waals surface area contributed by atoms with Gasteiger partial charge in [0.25, 0.3) is 10.0 Å². The van der Waals surface area contributed by atoms with Gasteiger partial charge in [0, 0.05) is 10.7 Å². The van der Waals surface area contributed by atoms with Crippen molar-refractivity contribution in [2.75, 3.05) is 10.5 Å². The summed E-state index contributed by atoms with van der Waals surface area (Å²) < 4.78 is 27.2. The van der Waals surface area contributed by atoms with E-state index in [1.54, 1.807) is 13.0 Å². The molecule has 0 aliphatic rings. The van der Waals surface area contributed by atoms with Gasteiger partial charge in [0.15, 0.2) is 0 Å². The van der Waals surface area contributed by atoms with Crippen LogP contribution >= 0.6 is 11.6 Å². The van der Waals surface area contributed by atoms with Gasteiger partial charge in [0.1, 0.15) is 6.07 Å². The van der Waals surface area contributed by atoms with Gasteiger partial charge in [-0.05, 0) is 48.9 Å². The van der Waals surface area contributed by atoms with E-state index in [1.165, 1.54) is 30.3 Å². The molecule has 7 heteroatoms. The minimum atomic E-state index is -3.83. The number of nitrogens with zero attached hydrogens (tertiary/aromatic N) is 1. The van der Waals surface area contributed by atoms with Crippen molar-refractivity contribution in [3.8, 4) is 6.07 Å². The summed E-state index contributed by atoms with van der Waals surface area (Å²) in [5.41, 5.74) is 6.94. The Morgan fingerprint density at radius 2 is 1.95 bits per heavy atom. The van der Waals surface area contributed by atoms with E-state index in [1.807, 2.05) is 6.07 Å². The van der Waals surface area contributed by atoms with Crippen LogP contribution in [0.25, 0.3) is 0 Å². The molecule has 2 aromatic rings. The van der Waals surface area contributed by atoms with E-state index in [4.69, 9.17) is 22.6 Å². The predicted octanol–water partition coefficient (Wildman–Crippen LogP) is 2.90. The second kappa shape index (κ2) is 5.64. The third-order valence-electron chi connectivity index (χ3n) is 2.83. The van der Waals surface area contributed by atoms with Gasteiger partial charge in [0.2, 0.25) is 0 Å². The molecule has 3 N–H and O–H groups in total. The quantitative estimate of drug-likeness (QED) is 0.849. The molecule has 21 heavy (non-hydrogen) atoms. The molecule has 0 heterocycles. The van der Waals surface area contributed by atoms with Crippen LogP contribution in [0.2, 0.25) is 5.02 Å². The summed E-state index contributed by atoms with van der Waals surface area (Å²) in [4.78, 5) is 0.0977. The van der Waals surface area contributed by atoms with E-state index in [2.05, 4.69) is 4.72 Å². The lowest BCUT2D eigenvalue weighted by Crippen LogP contribution is -2.15. The van der Waals surface area contributed by atoms with Crippen molar-refractivity contribution in [2.45, 2.75) is 11.8 Å². The lowest BCUT2D eigenvalue weighted by atomic mass is 10.2. The van der Waals surface area contributed by atoms with Gasteiger partial charge in [-0.2, -0.15) is 5.26 Å². The van der Waals surface area contributed by atoms with E-state index in [9.17, 15) is 8.42 Å². The van der Waals surface area contributed by atoms with Gasteiger partial charge in [-0.25, -0.2) is 8.42 Å². The Morgan fingerprint density at radius 3 is 2.57 bits per heavy atom. The third-order valence-corrected chi connectivity index (χ3v) is 4.60. The highest BCUT2D eigenvalue weighted by Crippen LogP contribution is 2.25. The Balaban J connectivity index is 2.47. The Bertz CT molecular complexity index is 842. The van der Waals surface area contributed by atoms with E-state index in [-0.39, 0.29) is 16.1 Å². The second-order valence-corrected chi connectivity index (χ2v) is 6.52. The van der Waals surface area contributed by atoms with Crippen molar-refractivity contribution in [1.29, 1.82) is 5.26 Å². The average molecular weight is 322 g/mol. The van der Waals surface area contributed by atoms with Crippen LogP contribution in [0.1, 0.15) is 11.1 Å². The monoisotopic (exact) mass is 321 g/mol. The molecule has 2 rings (SSSR count). The molecule has 0 aliphatic carbocycles. The topological polar surface area (TPSA) is 96.0 Å². The maximum absolute atomic E-state index is 12.4. The van der Waals surface area contributed by atoms with Gasteiger partial charge in [-0.15, -0.1) is 0 Å². The van der Waals surface area contributed by atoms with E-state index in [0.29, 0.717) is 16.3 Å². The second-order valence-electron chi connectivity index (χ2n) is 4.43. The van der Waals surface area contributed by atoms with Crippen molar-refractivity contribution in [2.24, 2.45) is 0 Å². The molecule has 0 saturated carbocycles. The summed E-state index contributed by atoms with van der Waals surface area (Å²) in [7, 11) is -3.83. The number of benzene rings is 2. The molecular weight excluding hydrogens is 310 g/mol. The number of nitrogens with two attached hydrogens (primary N) is 1. The van der Waals surface area contributed by atoms with E-state index >= 15 is 0 Å².